The SMILES string of the molecule is CC(C)c1ccc(CS(=O)c2ccc(Cl)cc2N)cc1. The normalized spacial score (nSPS) is 12.6. The van der Waals surface area contributed by atoms with Crippen LogP contribution in [-0.4, -0.2) is 4.21 Å². The van der Waals surface area contributed by atoms with Gasteiger partial charge in [0, 0.05) is 10.7 Å². The van der Waals surface area contributed by atoms with Crippen LogP contribution in [0.1, 0.15) is 30.9 Å². The first-order valence-electron chi connectivity index (χ1n) is 6.49. The summed E-state index contributed by atoms with van der Waals surface area (Å²) < 4.78 is 12.4. The van der Waals surface area contributed by atoms with Gasteiger partial charge in [-0.3, -0.25) is 4.21 Å². The van der Waals surface area contributed by atoms with Crippen LogP contribution in [0.2, 0.25) is 5.02 Å². The van der Waals surface area contributed by atoms with E-state index in [1.807, 2.05) is 12.1 Å². The van der Waals surface area contributed by atoms with Crippen molar-refractivity contribution < 1.29 is 4.21 Å². The molecule has 0 spiro atoms. The molecule has 0 fully saturated rings. The quantitative estimate of drug-likeness (QED) is 0.853. The van der Waals surface area contributed by atoms with Gasteiger partial charge in [-0.15, -0.1) is 0 Å². The van der Waals surface area contributed by atoms with Gasteiger partial charge in [-0.25, -0.2) is 0 Å². The zero-order chi connectivity index (χ0) is 14.7. The zero-order valence-electron chi connectivity index (χ0n) is 11.6. The average Bonchev–Trinajstić information content (AvgIpc) is 2.39. The van der Waals surface area contributed by atoms with E-state index in [-0.39, 0.29) is 0 Å². The third kappa shape index (κ3) is 3.62. The fraction of sp³-hybridized carbons (Fsp3) is 0.250. The van der Waals surface area contributed by atoms with Crippen molar-refractivity contribution in [2.45, 2.75) is 30.4 Å². The molecule has 1 atom stereocenters. The van der Waals surface area contributed by atoms with Crippen LogP contribution in [-0.2, 0) is 16.6 Å². The van der Waals surface area contributed by atoms with Crippen molar-refractivity contribution in [1.29, 1.82) is 0 Å². The molecule has 0 aromatic heterocycles. The fourth-order valence-corrected chi connectivity index (χ4v) is 3.33. The molecule has 106 valence electrons. The van der Waals surface area contributed by atoms with Gasteiger partial charge in [0.25, 0.3) is 0 Å². The van der Waals surface area contributed by atoms with Gasteiger partial charge in [0.1, 0.15) is 0 Å². The molecule has 0 bridgehead atoms. The molecule has 0 radical (unpaired) electrons. The molecular formula is C16H18ClNOS. The summed E-state index contributed by atoms with van der Waals surface area (Å²) in [5.41, 5.74) is 8.67. The number of hydrogen-bond donors (Lipinski definition) is 1. The van der Waals surface area contributed by atoms with Crippen LogP contribution in [0.15, 0.2) is 47.4 Å². The highest BCUT2D eigenvalue weighted by Gasteiger charge is 2.09. The van der Waals surface area contributed by atoms with Crippen LogP contribution in [0, 0.1) is 0 Å². The highest BCUT2D eigenvalue weighted by molar-refractivity contribution is 7.84. The van der Waals surface area contributed by atoms with E-state index in [1.54, 1.807) is 18.2 Å². The summed E-state index contributed by atoms with van der Waals surface area (Å²) in [5, 5.41) is 0.560. The van der Waals surface area contributed by atoms with Crippen LogP contribution in [0.5, 0.6) is 0 Å². The molecule has 2 nitrogen and oxygen atoms in total. The molecular weight excluding hydrogens is 290 g/mol. The number of halogens is 1. The van der Waals surface area contributed by atoms with Crippen LogP contribution >= 0.6 is 11.6 Å². The molecule has 2 aromatic rings. The minimum Gasteiger partial charge on any atom is -0.398 e. The first kappa shape index (κ1) is 15.1. The Balaban J connectivity index is 2.15. The number of nitrogens with two attached hydrogens (primary N) is 1. The molecule has 1 unspecified atom stereocenters. The van der Waals surface area contributed by atoms with Gasteiger partial charge in [-0.2, -0.15) is 0 Å². The Kier molecular flexibility index (Phi) is 4.84. The van der Waals surface area contributed by atoms with E-state index in [0.717, 1.165) is 5.56 Å². The second-order valence-electron chi connectivity index (χ2n) is 5.07. The van der Waals surface area contributed by atoms with E-state index in [1.165, 1.54) is 5.56 Å². The van der Waals surface area contributed by atoms with Gasteiger partial charge in [0.2, 0.25) is 0 Å². The van der Waals surface area contributed by atoms with Crippen molar-refractivity contribution in [2.24, 2.45) is 0 Å². The van der Waals surface area contributed by atoms with E-state index >= 15 is 0 Å². The van der Waals surface area contributed by atoms with Crippen molar-refractivity contribution in [1.82, 2.24) is 0 Å². The van der Waals surface area contributed by atoms with Crippen LogP contribution in [0.4, 0.5) is 5.69 Å². The summed E-state index contributed by atoms with van der Waals surface area (Å²) in [6.07, 6.45) is 0. The Morgan fingerprint density at radius 3 is 2.35 bits per heavy atom. The fourth-order valence-electron chi connectivity index (χ4n) is 1.95. The maximum absolute atomic E-state index is 12.4. The number of rotatable bonds is 4. The zero-order valence-corrected chi connectivity index (χ0v) is 13.2. The molecule has 4 heteroatoms. The standard InChI is InChI=1S/C16H18ClNOS/c1-11(2)13-5-3-12(4-6-13)10-20(19)16-8-7-14(17)9-15(16)18/h3-9,11H,10,18H2,1-2H3. The molecule has 0 saturated carbocycles. The van der Waals surface area contributed by atoms with E-state index < -0.39 is 10.8 Å². The van der Waals surface area contributed by atoms with E-state index in [0.29, 0.717) is 27.3 Å². The Labute approximate surface area is 127 Å². The predicted octanol–water partition coefficient (Wildman–Crippen LogP) is 4.35. The summed E-state index contributed by atoms with van der Waals surface area (Å²) in [7, 11) is -1.16. The molecule has 20 heavy (non-hydrogen) atoms. The van der Waals surface area contributed by atoms with Gasteiger partial charge in [-0.1, -0.05) is 49.7 Å². The van der Waals surface area contributed by atoms with Crippen molar-refractivity contribution in [3.63, 3.8) is 0 Å². The Hall–Kier alpha value is -1.32. The van der Waals surface area contributed by atoms with E-state index in [9.17, 15) is 4.21 Å². The summed E-state index contributed by atoms with van der Waals surface area (Å²) in [6.45, 7) is 4.31. The molecule has 2 rings (SSSR count). The minimum absolute atomic E-state index is 0.463. The van der Waals surface area contributed by atoms with Crippen molar-refractivity contribution in [3.8, 4) is 0 Å². The highest BCUT2D eigenvalue weighted by atomic mass is 35.5. The second-order valence-corrected chi connectivity index (χ2v) is 6.92. The molecule has 0 saturated heterocycles. The average molecular weight is 308 g/mol. The third-order valence-electron chi connectivity index (χ3n) is 3.16. The van der Waals surface area contributed by atoms with Crippen molar-refractivity contribution in [2.75, 3.05) is 5.73 Å². The van der Waals surface area contributed by atoms with Gasteiger partial charge < -0.3 is 5.73 Å². The molecule has 2 N–H and O–H groups in total. The van der Waals surface area contributed by atoms with Crippen LogP contribution < -0.4 is 5.73 Å². The number of anilines is 1. The summed E-state index contributed by atoms with van der Waals surface area (Å²) in [6, 6.07) is 13.3. The summed E-state index contributed by atoms with van der Waals surface area (Å²) in [4.78, 5) is 0.641. The number of benzene rings is 2. The smallest absolute Gasteiger partial charge is 0.0621 e. The topological polar surface area (TPSA) is 43.1 Å². The van der Waals surface area contributed by atoms with Gasteiger partial charge in [0.15, 0.2) is 0 Å². The van der Waals surface area contributed by atoms with E-state index in [2.05, 4.69) is 26.0 Å². The lowest BCUT2D eigenvalue weighted by atomic mass is 10.0. The summed E-state index contributed by atoms with van der Waals surface area (Å²) in [5.74, 6) is 0.964. The largest absolute Gasteiger partial charge is 0.398 e. The Morgan fingerprint density at radius 1 is 1.15 bits per heavy atom. The second kappa shape index (κ2) is 6.42. The Morgan fingerprint density at radius 2 is 1.80 bits per heavy atom. The lowest BCUT2D eigenvalue weighted by Crippen LogP contribution is -2.01. The third-order valence-corrected chi connectivity index (χ3v) is 4.85. The number of nitrogen functional groups attached to an aromatic ring is 1. The maximum atomic E-state index is 12.4. The van der Waals surface area contributed by atoms with Crippen LogP contribution in [0.25, 0.3) is 0 Å². The first-order chi connectivity index (χ1) is 9.47. The van der Waals surface area contributed by atoms with Gasteiger partial charge in [-0.05, 0) is 35.2 Å². The molecule has 2 aromatic carbocycles. The van der Waals surface area contributed by atoms with Crippen molar-refractivity contribution in [3.05, 3.63) is 58.6 Å². The van der Waals surface area contributed by atoms with Gasteiger partial charge in [0.05, 0.1) is 21.4 Å². The first-order valence-corrected chi connectivity index (χ1v) is 8.19. The lowest BCUT2D eigenvalue weighted by Gasteiger charge is -2.08. The molecule has 0 aliphatic heterocycles. The van der Waals surface area contributed by atoms with Crippen LogP contribution in [0.3, 0.4) is 0 Å². The maximum Gasteiger partial charge on any atom is 0.0621 e. The predicted molar refractivity (Wildman–Crippen MR) is 86.5 cm³/mol. The molecule has 0 aliphatic carbocycles. The summed E-state index contributed by atoms with van der Waals surface area (Å²) >= 11 is 5.85. The molecule has 0 amide bonds. The molecule has 0 aliphatic rings. The lowest BCUT2D eigenvalue weighted by molar-refractivity contribution is 0.683. The van der Waals surface area contributed by atoms with E-state index in [4.69, 9.17) is 17.3 Å². The minimum atomic E-state index is -1.16. The van der Waals surface area contributed by atoms with Gasteiger partial charge >= 0.3 is 0 Å². The number of hydrogen-bond acceptors (Lipinski definition) is 2. The Bertz CT molecular complexity index is 623. The highest BCUT2D eigenvalue weighted by Crippen LogP contribution is 2.23. The monoisotopic (exact) mass is 307 g/mol. The molecule has 0 heterocycles. The van der Waals surface area contributed by atoms with Crippen molar-refractivity contribution >= 4 is 28.1 Å².